The Kier molecular flexibility index (Phi) is 12.8. The first kappa shape index (κ1) is 46.1. The number of likely N-dealkylation sites (tertiary alicyclic amines) is 1. The number of benzene rings is 3. The van der Waals surface area contributed by atoms with Crippen LogP contribution in [-0.4, -0.2) is 119 Å². The molecule has 2 N–H and O–H groups in total. The summed E-state index contributed by atoms with van der Waals surface area (Å²) in [5, 5.41) is 23.7. The van der Waals surface area contributed by atoms with Crippen LogP contribution in [0.5, 0.6) is 5.75 Å². The minimum atomic E-state index is -0.879. The first-order valence-electron chi connectivity index (χ1n) is 23.6. The molecule has 9 rings (SSSR count). The fourth-order valence-corrected chi connectivity index (χ4v) is 11.7. The monoisotopic (exact) mass is 930 g/mol. The lowest BCUT2D eigenvalue weighted by Crippen LogP contribution is -2.74. The Morgan fingerprint density at radius 3 is 2.16 bits per heavy atom. The molecule has 1 aliphatic carbocycles. The Bertz CT molecular complexity index is 2640. The number of piperazine rings is 1. The van der Waals surface area contributed by atoms with E-state index < -0.39 is 17.5 Å². The van der Waals surface area contributed by atoms with Crippen LogP contribution >= 0.6 is 11.6 Å². The number of nitriles is 1. The van der Waals surface area contributed by atoms with Crippen LogP contribution < -0.4 is 30.7 Å². The van der Waals surface area contributed by atoms with Crippen LogP contribution in [0.2, 0.25) is 5.02 Å². The van der Waals surface area contributed by atoms with Crippen molar-refractivity contribution in [2.24, 2.45) is 22.7 Å². The number of hydrogen-bond donors (Lipinski definition) is 2. The Morgan fingerprint density at radius 2 is 1.51 bits per heavy atom. The molecule has 4 saturated heterocycles. The number of anilines is 2. The third kappa shape index (κ3) is 9.20. The zero-order valence-corrected chi connectivity index (χ0v) is 39.4. The molecule has 352 valence electrons. The normalized spacial score (nSPS) is 23.6. The van der Waals surface area contributed by atoms with Crippen molar-refractivity contribution < 1.29 is 23.9 Å². The fourth-order valence-electron chi connectivity index (χ4n) is 11.5. The van der Waals surface area contributed by atoms with E-state index in [-0.39, 0.29) is 59.5 Å². The van der Waals surface area contributed by atoms with Crippen molar-refractivity contribution in [1.82, 2.24) is 35.4 Å². The van der Waals surface area contributed by atoms with Gasteiger partial charge in [0.1, 0.15) is 29.5 Å². The van der Waals surface area contributed by atoms with Gasteiger partial charge < -0.3 is 24.8 Å². The van der Waals surface area contributed by atoms with E-state index in [1.807, 2.05) is 30.3 Å². The maximum atomic E-state index is 13.7. The Morgan fingerprint density at radius 1 is 0.836 bits per heavy atom. The van der Waals surface area contributed by atoms with Gasteiger partial charge >= 0.3 is 0 Å². The SMILES string of the molecule is CC1(C)C(NC(=O)c2ccc(N3CCN(CC4CCN(C(=O)C5CCN(c6ccc7nnn(C8CCC(=O)NC8=O)c(=O)c7c6)CC5)CC4)CC3)cc2)C(C)(C)C1Oc1ccc(C#N)c(Cl)c1. The number of aromatic nitrogens is 3. The van der Waals surface area contributed by atoms with Crippen molar-refractivity contribution in [3.8, 4) is 11.8 Å². The molecule has 1 unspecified atom stereocenters. The molecular formula is C50H59ClN10O6. The van der Waals surface area contributed by atoms with Crippen molar-refractivity contribution in [1.29, 1.82) is 5.26 Å². The molecule has 1 aromatic heterocycles. The number of imide groups is 1. The molecule has 1 saturated carbocycles. The van der Waals surface area contributed by atoms with Crippen LogP contribution in [0.15, 0.2) is 65.5 Å². The molecule has 3 aromatic carbocycles. The molecular weight excluding hydrogens is 872 g/mol. The molecule has 17 heteroatoms. The van der Waals surface area contributed by atoms with Gasteiger partial charge in [0.15, 0.2) is 0 Å². The first-order valence-corrected chi connectivity index (χ1v) is 24.0. The average molecular weight is 932 g/mol. The lowest BCUT2D eigenvalue weighted by molar-refractivity contribution is -0.164. The molecule has 0 bridgehead atoms. The van der Waals surface area contributed by atoms with Crippen molar-refractivity contribution in [2.45, 2.75) is 84.4 Å². The standard InChI is InChI=1S/C50H59ClN10O6/c1-49(2)47(50(3,4)48(49)67-37-11-7-34(29-52)39(51)28-37)54-43(63)32-5-8-35(9-6-32)59-25-23-57(24-26-59)30-31-15-19-60(20-16-31)45(65)33-17-21-58(22-18-33)36-10-12-40-38(27-36)46(66)61(56-55-40)41-13-14-42(62)53-44(41)64/h5-12,27-28,31,33,41,47-48H,13-26,30H2,1-4H3,(H,54,63)(H,53,62,64). The number of fused-ring (bicyclic) bond motifs is 1. The van der Waals surface area contributed by atoms with Crippen LogP contribution in [0.25, 0.3) is 10.9 Å². The maximum absolute atomic E-state index is 13.7. The van der Waals surface area contributed by atoms with E-state index in [0.717, 1.165) is 87.6 Å². The second-order valence-corrected chi connectivity index (χ2v) is 20.6. The summed E-state index contributed by atoms with van der Waals surface area (Å²) in [6, 6.07) is 19.6. The third-order valence-electron chi connectivity index (χ3n) is 15.1. The fraction of sp³-hybridized carbons (Fsp3) is 0.520. The molecule has 4 amide bonds. The van der Waals surface area contributed by atoms with Gasteiger partial charge in [-0.05, 0) is 92.6 Å². The number of amides is 4. The van der Waals surface area contributed by atoms with Gasteiger partial charge in [0.05, 0.1) is 16.0 Å². The van der Waals surface area contributed by atoms with Crippen molar-refractivity contribution in [2.75, 3.05) is 68.7 Å². The summed E-state index contributed by atoms with van der Waals surface area (Å²) < 4.78 is 7.48. The van der Waals surface area contributed by atoms with Crippen LogP contribution in [0.4, 0.5) is 11.4 Å². The van der Waals surface area contributed by atoms with Gasteiger partial charge in [0.25, 0.3) is 17.4 Å². The number of nitrogens with zero attached hydrogens (tertiary/aromatic N) is 8. The number of piperidine rings is 3. The summed E-state index contributed by atoms with van der Waals surface area (Å²) in [6.45, 7) is 16.1. The highest BCUT2D eigenvalue weighted by atomic mass is 35.5. The lowest BCUT2D eigenvalue weighted by atomic mass is 9.49. The predicted octanol–water partition coefficient (Wildman–Crippen LogP) is 5.18. The Hall–Kier alpha value is -6.05. The molecule has 4 aromatic rings. The summed E-state index contributed by atoms with van der Waals surface area (Å²) in [4.78, 5) is 74.0. The van der Waals surface area contributed by atoms with Gasteiger partial charge in [0, 0.05) is 111 Å². The maximum Gasteiger partial charge on any atom is 0.278 e. The van der Waals surface area contributed by atoms with E-state index in [1.165, 1.54) is 0 Å². The number of carbonyl (C=O) groups excluding carboxylic acids is 4. The van der Waals surface area contributed by atoms with Gasteiger partial charge in [-0.1, -0.05) is 44.5 Å². The number of ether oxygens (including phenoxy) is 1. The second-order valence-electron chi connectivity index (χ2n) is 20.2. The minimum absolute atomic E-state index is 0.0295. The van der Waals surface area contributed by atoms with Crippen molar-refractivity contribution >= 4 is 57.5 Å². The minimum Gasteiger partial charge on any atom is -0.489 e. The number of carbonyl (C=O) groups is 4. The van der Waals surface area contributed by atoms with Gasteiger partial charge in [-0.3, -0.25) is 34.2 Å². The van der Waals surface area contributed by atoms with E-state index in [0.29, 0.717) is 51.8 Å². The molecule has 1 atom stereocenters. The lowest BCUT2D eigenvalue weighted by Gasteiger charge is -2.63. The van der Waals surface area contributed by atoms with Crippen LogP contribution in [0.3, 0.4) is 0 Å². The van der Waals surface area contributed by atoms with Gasteiger partial charge in [0.2, 0.25) is 11.8 Å². The van der Waals surface area contributed by atoms with Gasteiger partial charge in [-0.25, -0.2) is 0 Å². The number of halogens is 1. The smallest absolute Gasteiger partial charge is 0.278 e. The summed E-state index contributed by atoms with van der Waals surface area (Å²) in [6.07, 6.45) is 3.62. The molecule has 5 aliphatic rings. The summed E-state index contributed by atoms with van der Waals surface area (Å²) in [5.74, 6) is 0.348. The average Bonchev–Trinajstić information content (AvgIpc) is 3.33. The molecule has 4 aliphatic heterocycles. The Balaban J connectivity index is 0.699. The van der Waals surface area contributed by atoms with Crippen molar-refractivity contribution in [3.63, 3.8) is 0 Å². The van der Waals surface area contributed by atoms with E-state index in [9.17, 15) is 29.2 Å². The van der Waals surface area contributed by atoms with Crippen LogP contribution in [-0.2, 0) is 14.4 Å². The summed E-state index contributed by atoms with van der Waals surface area (Å²) in [5.41, 5.74) is 2.31. The number of rotatable bonds is 10. The van der Waals surface area contributed by atoms with Gasteiger partial charge in [-0.2, -0.15) is 9.94 Å². The zero-order chi connectivity index (χ0) is 47.2. The van der Waals surface area contributed by atoms with E-state index >= 15 is 0 Å². The Labute approximate surface area is 395 Å². The highest BCUT2D eigenvalue weighted by molar-refractivity contribution is 6.31. The van der Waals surface area contributed by atoms with E-state index in [1.54, 1.807) is 30.3 Å². The predicted molar refractivity (Wildman–Crippen MR) is 254 cm³/mol. The third-order valence-corrected chi connectivity index (χ3v) is 15.4. The molecule has 67 heavy (non-hydrogen) atoms. The van der Waals surface area contributed by atoms with E-state index in [4.69, 9.17) is 16.3 Å². The highest BCUT2D eigenvalue weighted by Gasteiger charge is 2.64. The summed E-state index contributed by atoms with van der Waals surface area (Å²) >= 11 is 6.27. The van der Waals surface area contributed by atoms with Crippen LogP contribution in [0.1, 0.15) is 88.2 Å². The number of hydrogen-bond acceptors (Lipinski definition) is 12. The van der Waals surface area contributed by atoms with E-state index in [2.05, 4.69) is 74.3 Å². The molecule has 0 radical (unpaired) electrons. The van der Waals surface area contributed by atoms with Gasteiger partial charge in [-0.15, -0.1) is 5.10 Å². The highest BCUT2D eigenvalue weighted by Crippen LogP contribution is 2.55. The van der Waals surface area contributed by atoms with Crippen LogP contribution in [0, 0.1) is 34.0 Å². The quantitative estimate of drug-likeness (QED) is 0.199. The first-order chi connectivity index (χ1) is 32.1. The van der Waals surface area contributed by atoms with Crippen molar-refractivity contribution in [3.05, 3.63) is 87.2 Å². The molecule has 5 heterocycles. The zero-order valence-electron chi connectivity index (χ0n) is 38.7. The summed E-state index contributed by atoms with van der Waals surface area (Å²) in [7, 11) is 0. The molecule has 5 fully saturated rings. The number of nitrogens with one attached hydrogen (secondary N) is 2. The molecule has 16 nitrogen and oxygen atoms in total. The largest absolute Gasteiger partial charge is 0.489 e. The topological polar surface area (TPSA) is 186 Å². The molecule has 0 spiro atoms. The second kappa shape index (κ2) is 18.6.